The van der Waals surface area contributed by atoms with E-state index in [1.165, 1.54) is 0 Å². The summed E-state index contributed by atoms with van der Waals surface area (Å²) in [5.41, 5.74) is 0.274. The molecule has 0 unspecified atom stereocenters. The fraction of sp³-hybridized carbons (Fsp3) is 0.812. The van der Waals surface area contributed by atoms with Gasteiger partial charge in [0.2, 0.25) is 0 Å². The van der Waals surface area contributed by atoms with Crippen LogP contribution in [-0.4, -0.2) is 38.2 Å². The molecule has 0 radical (unpaired) electrons. The summed E-state index contributed by atoms with van der Waals surface area (Å²) in [6.07, 6.45) is 1.06. The third-order valence-electron chi connectivity index (χ3n) is 2.82. The maximum absolute atomic E-state index is 11.5. The molecule has 0 aliphatic heterocycles. The molecule has 0 aliphatic rings. The largest absolute Gasteiger partial charge is 0.534 e. The summed E-state index contributed by atoms with van der Waals surface area (Å²) >= 11 is 0. The van der Waals surface area contributed by atoms with Crippen LogP contribution in [0.1, 0.15) is 68.2 Å². The number of rotatable bonds is 10. The number of carboxylic acid groups (broad SMARTS) is 1. The number of carboxylic acids is 1. The van der Waals surface area contributed by atoms with Crippen LogP contribution in [0.4, 0.5) is 0 Å². The highest BCUT2D eigenvalue weighted by Gasteiger charge is 2.49. The molecule has 0 aliphatic carbocycles. The first-order chi connectivity index (χ1) is 10.1. The summed E-state index contributed by atoms with van der Waals surface area (Å²) in [7, 11) is -3.26. The highest BCUT2D eigenvalue weighted by Crippen LogP contribution is 2.31. The number of aliphatic carboxylic acids is 1. The van der Waals surface area contributed by atoms with E-state index in [2.05, 4.69) is 0 Å². The first kappa shape index (κ1) is 21.3. The minimum atomic E-state index is -3.26. The maximum Gasteiger partial charge on any atom is 0.534 e. The van der Waals surface area contributed by atoms with Gasteiger partial charge in [-0.15, -0.1) is 0 Å². The van der Waals surface area contributed by atoms with Crippen molar-refractivity contribution in [2.75, 3.05) is 0 Å². The van der Waals surface area contributed by atoms with Gasteiger partial charge in [-0.05, 0) is 54.9 Å². The second kappa shape index (κ2) is 9.45. The SMILES string of the molecule is CCC/C(=C(/C)C(=O)O)[Si](OC(C)C)(OC(C)C)OC(C)C. The molecule has 0 saturated heterocycles. The predicted molar refractivity (Wildman–Crippen MR) is 89.7 cm³/mol. The molecule has 22 heavy (non-hydrogen) atoms. The van der Waals surface area contributed by atoms with Gasteiger partial charge in [-0.25, -0.2) is 4.79 Å². The van der Waals surface area contributed by atoms with Gasteiger partial charge < -0.3 is 18.4 Å². The quantitative estimate of drug-likeness (QED) is 0.485. The summed E-state index contributed by atoms with van der Waals surface area (Å²) in [6, 6.07) is 0. The lowest BCUT2D eigenvalue weighted by molar-refractivity contribution is -0.132. The Balaban J connectivity index is 6.12. The van der Waals surface area contributed by atoms with E-state index in [0.29, 0.717) is 11.6 Å². The molecule has 0 aromatic heterocycles. The van der Waals surface area contributed by atoms with E-state index >= 15 is 0 Å². The average Bonchev–Trinajstić information content (AvgIpc) is 2.31. The van der Waals surface area contributed by atoms with Crippen LogP contribution < -0.4 is 0 Å². The molecule has 0 aromatic carbocycles. The van der Waals surface area contributed by atoms with Crippen LogP contribution in [-0.2, 0) is 18.1 Å². The van der Waals surface area contributed by atoms with Gasteiger partial charge in [-0.3, -0.25) is 0 Å². The molecular formula is C16H32O5Si. The van der Waals surface area contributed by atoms with Gasteiger partial charge >= 0.3 is 14.8 Å². The van der Waals surface area contributed by atoms with Gasteiger partial charge in [0.15, 0.2) is 0 Å². The van der Waals surface area contributed by atoms with Crippen LogP contribution >= 0.6 is 0 Å². The van der Waals surface area contributed by atoms with E-state index in [9.17, 15) is 9.90 Å². The van der Waals surface area contributed by atoms with Gasteiger partial charge in [0.1, 0.15) is 0 Å². The zero-order chi connectivity index (χ0) is 17.5. The van der Waals surface area contributed by atoms with Crippen molar-refractivity contribution in [2.45, 2.75) is 86.5 Å². The van der Waals surface area contributed by atoms with E-state index in [1.54, 1.807) is 6.92 Å². The molecule has 0 amide bonds. The fourth-order valence-corrected chi connectivity index (χ4v) is 5.75. The van der Waals surface area contributed by atoms with Crippen molar-refractivity contribution in [2.24, 2.45) is 0 Å². The molecule has 0 saturated carbocycles. The van der Waals surface area contributed by atoms with E-state index in [0.717, 1.165) is 6.42 Å². The standard InChI is InChI=1S/C16H32O5Si/c1-9-10-15(14(8)16(17)18)22(19-11(2)3,20-12(4)5)21-13(6)7/h11-13H,9-10H2,1-8H3,(H,17,18)/b15-14+. The molecule has 130 valence electrons. The highest BCUT2D eigenvalue weighted by molar-refractivity contribution is 6.69. The average molecular weight is 333 g/mol. The zero-order valence-electron chi connectivity index (χ0n) is 15.2. The Bertz CT molecular complexity index is 361. The molecule has 0 atom stereocenters. The number of allylic oxidation sites excluding steroid dienone is 1. The van der Waals surface area contributed by atoms with Gasteiger partial charge in [0.05, 0.1) is 0 Å². The summed E-state index contributed by atoms with van der Waals surface area (Å²) < 4.78 is 18.4. The molecule has 0 heterocycles. The fourth-order valence-electron chi connectivity index (χ4n) is 2.18. The Morgan fingerprint density at radius 2 is 1.32 bits per heavy atom. The Morgan fingerprint density at radius 1 is 0.955 bits per heavy atom. The van der Waals surface area contributed by atoms with Gasteiger partial charge in [-0.2, -0.15) is 0 Å². The first-order valence-corrected chi connectivity index (χ1v) is 9.75. The van der Waals surface area contributed by atoms with Crippen molar-refractivity contribution in [3.8, 4) is 0 Å². The van der Waals surface area contributed by atoms with Crippen molar-refractivity contribution in [1.82, 2.24) is 0 Å². The molecule has 0 spiro atoms. The molecule has 1 N–H and O–H groups in total. The van der Waals surface area contributed by atoms with Gasteiger partial charge in [0, 0.05) is 29.1 Å². The van der Waals surface area contributed by atoms with Crippen molar-refractivity contribution in [3.05, 3.63) is 10.8 Å². The Kier molecular flexibility index (Phi) is 9.15. The van der Waals surface area contributed by atoms with Gasteiger partial charge in [-0.1, -0.05) is 13.3 Å². The molecule has 0 bridgehead atoms. The lowest BCUT2D eigenvalue weighted by Crippen LogP contribution is -2.53. The summed E-state index contributed by atoms with van der Waals surface area (Å²) in [5, 5.41) is 10.1. The lowest BCUT2D eigenvalue weighted by atomic mass is 10.2. The second-order valence-corrected chi connectivity index (χ2v) is 8.64. The van der Waals surface area contributed by atoms with E-state index in [1.807, 2.05) is 48.5 Å². The van der Waals surface area contributed by atoms with Crippen LogP contribution in [0.15, 0.2) is 10.8 Å². The topological polar surface area (TPSA) is 65.0 Å². The van der Waals surface area contributed by atoms with Crippen LogP contribution in [0, 0.1) is 0 Å². The van der Waals surface area contributed by atoms with Crippen molar-refractivity contribution >= 4 is 14.8 Å². The van der Waals surface area contributed by atoms with E-state index in [4.69, 9.17) is 13.3 Å². The number of hydrogen-bond acceptors (Lipinski definition) is 4. The monoisotopic (exact) mass is 332 g/mol. The maximum atomic E-state index is 11.5. The van der Waals surface area contributed by atoms with Crippen LogP contribution in [0.25, 0.3) is 0 Å². The summed E-state index contributed by atoms with van der Waals surface area (Å²) in [4.78, 5) is 11.5. The molecular weight excluding hydrogens is 300 g/mol. The Hall–Kier alpha value is -0.693. The summed E-state index contributed by atoms with van der Waals surface area (Å²) in [5.74, 6) is -0.951. The van der Waals surface area contributed by atoms with Crippen LogP contribution in [0.2, 0.25) is 0 Å². The number of hydrogen-bond donors (Lipinski definition) is 1. The summed E-state index contributed by atoms with van der Waals surface area (Å²) in [6.45, 7) is 15.1. The normalized spacial score (nSPS) is 14.0. The van der Waals surface area contributed by atoms with Gasteiger partial charge in [0.25, 0.3) is 0 Å². The van der Waals surface area contributed by atoms with Crippen molar-refractivity contribution in [3.63, 3.8) is 0 Å². The van der Waals surface area contributed by atoms with E-state index < -0.39 is 14.8 Å². The van der Waals surface area contributed by atoms with E-state index in [-0.39, 0.29) is 23.9 Å². The zero-order valence-corrected chi connectivity index (χ0v) is 16.2. The Morgan fingerprint density at radius 3 is 1.55 bits per heavy atom. The lowest BCUT2D eigenvalue weighted by Gasteiger charge is -2.36. The minimum absolute atomic E-state index is 0.113. The third kappa shape index (κ3) is 6.60. The molecule has 0 rings (SSSR count). The Labute approximate surface area is 136 Å². The van der Waals surface area contributed by atoms with Crippen LogP contribution in [0.3, 0.4) is 0 Å². The smallest absolute Gasteiger partial charge is 0.478 e. The van der Waals surface area contributed by atoms with Crippen molar-refractivity contribution in [1.29, 1.82) is 0 Å². The van der Waals surface area contributed by atoms with Crippen molar-refractivity contribution < 1.29 is 23.2 Å². The second-order valence-electron chi connectivity index (χ2n) is 6.21. The first-order valence-electron chi connectivity index (χ1n) is 8.02. The predicted octanol–water partition coefficient (Wildman–Crippen LogP) is 3.94. The molecule has 0 aromatic rings. The highest BCUT2D eigenvalue weighted by atomic mass is 28.4. The molecule has 6 heteroatoms. The number of carbonyl (C=O) groups is 1. The van der Waals surface area contributed by atoms with Crippen LogP contribution in [0.5, 0.6) is 0 Å². The molecule has 0 fully saturated rings. The molecule has 5 nitrogen and oxygen atoms in total. The minimum Gasteiger partial charge on any atom is -0.478 e. The third-order valence-corrected chi connectivity index (χ3v) is 6.52.